The second kappa shape index (κ2) is 11.0. The van der Waals surface area contributed by atoms with E-state index in [2.05, 4.69) is 153 Å². The number of nitrogens with zero attached hydrogens (tertiary/aromatic N) is 1. The summed E-state index contributed by atoms with van der Waals surface area (Å²) in [6, 6.07) is 31.4. The molecular formula is C49H59N. The molecular weight excluding hydrogens is 603 g/mol. The number of fused-ring (bicyclic) bond motifs is 7. The first kappa shape index (κ1) is 33.6. The van der Waals surface area contributed by atoms with Crippen LogP contribution in [0, 0.1) is 11.8 Å². The lowest BCUT2D eigenvalue weighted by Gasteiger charge is -2.43. The van der Waals surface area contributed by atoms with Crippen LogP contribution in [0.2, 0.25) is 0 Å². The number of hydrogen-bond donors (Lipinski definition) is 0. The van der Waals surface area contributed by atoms with Gasteiger partial charge >= 0.3 is 0 Å². The summed E-state index contributed by atoms with van der Waals surface area (Å²) in [6.07, 6.45) is 7.28. The fraction of sp³-hybridized carbons (Fsp3) is 0.469. The lowest BCUT2D eigenvalue weighted by Crippen LogP contribution is -2.34. The molecule has 1 saturated carbocycles. The van der Waals surface area contributed by atoms with Crippen LogP contribution < -0.4 is 4.90 Å². The Morgan fingerprint density at radius 2 is 1.02 bits per heavy atom. The molecule has 3 unspecified atom stereocenters. The second-order valence-corrected chi connectivity index (χ2v) is 19.2. The molecule has 4 aromatic rings. The molecule has 8 rings (SSSR count). The van der Waals surface area contributed by atoms with Crippen LogP contribution in [0.4, 0.5) is 17.1 Å². The first-order valence-electron chi connectivity index (χ1n) is 19.6. The monoisotopic (exact) mass is 661 g/mol. The van der Waals surface area contributed by atoms with Crippen LogP contribution in [0.3, 0.4) is 0 Å². The quantitative estimate of drug-likeness (QED) is 0.186. The summed E-state index contributed by atoms with van der Waals surface area (Å²) in [7, 11) is 0. The minimum atomic E-state index is -0.0401. The molecule has 0 aliphatic heterocycles. The molecule has 260 valence electrons. The molecule has 0 saturated heterocycles. The molecule has 4 aromatic carbocycles. The lowest BCUT2D eigenvalue weighted by atomic mass is 9.63. The number of allylic oxidation sites excluding steroid dienone is 1. The molecule has 0 aromatic heterocycles. The maximum absolute atomic E-state index is 4.74. The van der Waals surface area contributed by atoms with E-state index in [1.807, 2.05) is 0 Å². The van der Waals surface area contributed by atoms with Crippen molar-refractivity contribution in [1.29, 1.82) is 0 Å². The molecule has 1 spiro atoms. The Morgan fingerprint density at radius 1 is 0.580 bits per heavy atom. The minimum Gasteiger partial charge on any atom is -0.310 e. The van der Waals surface area contributed by atoms with Crippen molar-refractivity contribution in [2.45, 2.75) is 135 Å². The van der Waals surface area contributed by atoms with E-state index in [0.717, 1.165) is 0 Å². The van der Waals surface area contributed by atoms with Gasteiger partial charge in [0.05, 0.1) is 0 Å². The number of anilines is 3. The number of benzene rings is 4. The normalized spacial score (nSPS) is 24.9. The van der Waals surface area contributed by atoms with Gasteiger partial charge in [0.2, 0.25) is 0 Å². The predicted octanol–water partition coefficient (Wildman–Crippen LogP) is 13.7. The molecule has 0 bridgehead atoms. The Labute approximate surface area is 303 Å². The highest BCUT2D eigenvalue weighted by Gasteiger charge is 2.64. The van der Waals surface area contributed by atoms with Gasteiger partial charge in [0.25, 0.3) is 0 Å². The van der Waals surface area contributed by atoms with Crippen LogP contribution in [0.25, 0.3) is 11.1 Å². The minimum absolute atomic E-state index is 0.0401. The van der Waals surface area contributed by atoms with Gasteiger partial charge in [-0.15, -0.1) is 0 Å². The van der Waals surface area contributed by atoms with Crippen molar-refractivity contribution in [3.63, 3.8) is 0 Å². The molecule has 0 heterocycles. The van der Waals surface area contributed by atoms with E-state index in [4.69, 9.17) is 6.58 Å². The zero-order valence-corrected chi connectivity index (χ0v) is 32.6. The third kappa shape index (κ3) is 4.78. The van der Waals surface area contributed by atoms with Crippen molar-refractivity contribution in [3.05, 3.63) is 124 Å². The summed E-state index contributed by atoms with van der Waals surface area (Å²) in [5.41, 5.74) is 17.5. The van der Waals surface area contributed by atoms with Gasteiger partial charge in [-0.3, -0.25) is 0 Å². The highest BCUT2D eigenvalue weighted by atomic mass is 15.1. The SMILES string of the molecule is C=C1C(CC(C)CC)C12c1ccccc1-c1cc(N(c3ccc4c(c3)C(C)(C)CCC4(C)C)c3ccc4c(c3)C(C)(C)CCC4(C)C)ccc12. The van der Waals surface area contributed by atoms with Crippen molar-refractivity contribution in [2.24, 2.45) is 11.8 Å². The largest absolute Gasteiger partial charge is 0.310 e. The van der Waals surface area contributed by atoms with Crippen LogP contribution in [0.1, 0.15) is 141 Å². The highest BCUT2D eigenvalue weighted by Crippen LogP contribution is 2.71. The topological polar surface area (TPSA) is 3.24 Å². The fourth-order valence-electron chi connectivity index (χ4n) is 10.4. The van der Waals surface area contributed by atoms with Crippen molar-refractivity contribution in [1.82, 2.24) is 0 Å². The first-order chi connectivity index (χ1) is 23.5. The summed E-state index contributed by atoms with van der Waals surface area (Å²) in [6.45, 7) is 29.0. The van der Waals surface area contributed by atoms with E-state index in [-0.39, 0.29) is 27.1 Å². The van der Waals surface area contributed by atoms with E-state index >= 15 is 0 Å². The summed E-state index contributed by atoms with van der Waals surface area (Å²) >= 11 is 0. The summed E-state index contributed by atoms with van der Waals surface area (Å²) < 4.78 is 0. The third-order valence-electron chi connectivity index (χ3n) is 14.2. The van der Waals surface area contributed by atoms with Crippen molar-refractivity contribution in [3.8, 4) is 11.1 Å². The Bertz CT molecular complexity index is 1950. The van der Waals surface area contributed by atoms with Crippen LogP contribution in [-0.4, -0.2) is 0 Å². The molecule has 3 atom stereocenters. The summed E-state index contributed by atoms with van der Waals surface area (Å²) in [4.78, 5) is 2.57. The Morgan fingerprint density at radius 3 is 1.54 bits per heavy atom. The molecule has 4 aliphatic rings. The maximum Gasteiger partial charge on any atom is 0.0489 e. The Kier molecular flexibility index (Phi) is 7.36. The van der Waals surface area contributed by atoms with Gasteiger partial charge < -0.3 is 4.90 Å². The molecule has 0 radical (unpaired) electrons. The lowest BCUT2D eigenvalue weighted by molar-refractivity contribution is 0.332. The molecule has 1 fully saturated rings. The van der Waals surface area contributed by atoms with E-state index in [1.54, 1.807) is 0 Å². The van der Waals surface area contributed by atoms with Gasteiger partial charge in [0.1, 0.15) is 0 Å². The molecule has 1 nitrogen and oxygen atoms in total. The van der Waals surface area contributed by atoms with Crippen LogP contribution in [0.5, 0.6) is 0 Å². The van der Waals surface area contributed by atoms with Gasteiger partial charge in [-0.25, -0.2) is 0 Å². The fourth-order valence-corrected chi connectivity index (χ4v) is 10.4. The Hall–Kier alpha value is -3.58. The second-order valence-electron chi connectivity index (χ2n) is 19.2. The summed E-state index contributed by atoms with van der Waals surface area (Å²) in [5.74, 6) is 1.21. The van der Waals surface area contributed by atoms with Gasteiger partial charge in [-0.05, 0) is 147 Å². The first-order valence-corrected chi connectivity index (χ1v) is 19.6. The Balaban J connectivity index is 1.33. The predicted molar refractivity (Wildman–Crippen MR) is 215 cm³/mol. The van der Waals surface area contributed by atoms with Crippen LogP contribution in [-0.2, 0) is 27.1 Å². The average molecular weight is 662 g/mol. The zero-order chi connectivity index (χ0) is 35.6. The van der Waals surface area contributed by atoms with Crippen molar-refractivity contribution >= 4 is 17.1 Å². The van der Waals surface area contributed by atoms with Crippen molar-refractivity contribution < 1.29 is 0 Å². The number of hydrogen-bond acceptors (Lipinski definition) is 1. The molecule has 0 N–H and O–H groups in total. The van der Waals surface area contributed by atoms with E-state index in [1.165, 1.54) is 106 Å². The molecule has 50 heavy (non-hydrogen) atoms. The van der Waals surface area contributed by atoms with E-state index in [0.29, 0.717) is 11.8 Å². The standard InChI is InChI=1S/C49H59N/c1-12-31(2)27-42-32(3)49(42)38-16-14-13-15-36(38)37-28-33(17-20-39(37)49)50(34-18-21-40-43(29-34)47(8,9)25-23-45(40,4)5)35-19-22-41-44(30-35)48(10,11)26-24-46(41,6)7/h13-22,28-31,42H,3,12,23-27H2,1-2,4-11H3. The summed E-state index contributed by atoms with van der Waals surface area (Å²) in [5, 5.41) is 0. The highest BCUT2D eigenvalue weighted by molar-refractivity contribution is 5.91. The van der Waals surface area contributed by atoms with Gasteiger partial charge in [0.15, 0.2) is 0 Å². The van der Waals surface area contributed by atoms with Crippen LogP contribution >= 0.6 is 0 Å². The molecule has 1 heteroatoms. The van der Waals surface area contributed by atoms with Gasteiger partial charge in [-0.2, -0.15) is 0 Å². The van der Waals surface area contributed by atoms with Gasteiger partial charge in [-0.1, -0.05) is 130 Å². The maximum atomic E-state index is 4.74. The smallest absolute Gasteiger partial charge is 0.0489 e. The third-order valence-corrected chi connectivity index (χ3v) is 14.2. The van der Waals surface area contributed by atoms with Crippen molar-refractivity contribution in [2.75, 3.05) is 4.90 Å². The van der Waals surface area contributed by atoms with Crippen LogP contribution in [0.15, 0.2) is 91.0 Å². The average Bonchev–Trinajstić information content (AvgIpc) is 3.54. The van der Waals surface area contributed by atoms with E-state index < -0.39 is 0 Å². The van der Waals surface area contributed by atoms with Gasteiger partial charge in [0, 0.05) is 22.5 Å². The molecule has 4 aliphatic carbocycles. The molecule has 0 amide bonds. The zero-order valence-electron chi connectivity index (χ0n) is 32.6. The number of rotatable bonds is 6. The van der Waals surface area contributed by atoms with E-state index in [9.17, 15) is 0 Å².